The smallest absolute Gasteiger partial charge is 0.0613 e. The Labute approximate surface area is 188 Å². The third-order valence-electron chi connectivity index (χ3n) is 4.98. The van der Waals surface area contributed by atoms with Gasteiger partial charge in [-0.3, -0.25) is 0 Å². The maximum absolute atomic E-state index is 9.66. The summed E-state index contributed by atoms with van der Waals surface area (Å²) in [5.74, 6) is 0. The van der Waals surface area contributed by atoms with E-state index < -0.39 is 0 Å². The molecule has 0 heterocycles. The number of likely N-dealkylation sites (N-methyl/N-ethyl adjacent to an activating group) is 1. The number of rotatable bonds is 8. The zero-order valence-corrected chi connectivity index (χ0v) is 20.8. The Morgan fingerprint density at radius 2 is 1.86 bits per heavy atom. The molecule has 1 aliphatic carbocycles. The molecule has 0 bridgehead atoms. The Balaban J connectivity index is 0.00000143. The fourth-order valence-corrected chi connectivity index (χ4v) is 4.17. The summed E-state index contributed by atoms with van der Waals surface area (Å²) < 4.78 is 4.25. The highest BCUT2D eigenvalue weighted by atomic mass is 35.5. The van der Waals surface area contributed by atoms with Crippen LogP contribution in [0, 0.1) is 0 Å². The van der Waals surface area contributed by atoms with Gasteiger partial charge in [0.1, 0.15) is 0 Å². The van der Waals surface area contributed by atoms with Crippen molar-refractivity contribution in [3.8, 4) is 0 Å². The number of nitrogens with one attached hydrogen (secondary N) is 1. The molecule has 1 aromatic carbocycles. The van der Waals surface area contributed by atoms with E-state index in [1.54, 1.807) is 26.0 Å². The molecule has 0 fully saturated rings. The molecule has 0 radical (unpaired) electrons. The monoisotopic (exact) mass is 441 g/mol. The van der Waals surface area contributed by atoms with Crippen LogP contribution in [0.2, 0.25) is 5.02 Å². The first-order valence-electron chi connectivity index (χ1n) is 10.5. The number of hydrogen-bond donors (Lipinski definition) is 2. The zero-order valence-electron chi connectivity index (χ0n) is 19.3. The van der Waals surface area contributed by atoms with E-state index in [4.69, 9.17) is 11.6 Å². The predicted molar refractivity (Wildman–Crippen MR) is 130 cm³/mol. The van der Waals surface area contributed by atoms with Crippen LogP contribution in [0.15, 0.2) is 45.7 Å². The van der Waals surface area contributed by atoms with Crippen molar-refractivity contribution < 1.29 is 9.84 Å². The van der Waals surface area contributed by atoms with Crippen LogP contribution in [-0.4, -0.2) is 38.5 Å². The summed E-state index contributed by atoms with van der Waals surface area (Å²) in [5.41, 5.74) is 2.38. The number of thioether (sulfide) groups is 1. The van der Waals surface area contributed by atoms with Crippen molar-refractivity contribution >= 4 is 23.4 Å². The lowest BCUT2D eigenvalue weighted by atomic mass is 9.89. The van der Waals surface area contributed by atoms with E-state index in [-0.39, 0.29) is 12.1 Å². The number of aliphatic hydroxyl groups is 1. The zero-order chi connectivity index (χ0) is 22.3. The molecule has 3 nitrogen and oxygen atoms in total. The van der Waals surface area contributed by atoms with Crippen LogP contribution in [0.4, 0.5) is 0 Å². The standard InChI is InChI=1S/C20H28ClNOS.C2H6O.C2H6/c1-4-20(14-23,22-3)12-11-16-7-10-18(13-19(16)21)24-17-8-5-15(2)6-9-17;1-3-2;1-2/h5,7-8,10,13,22-23H,4,6,9,11-12,14H2,1-3H3;1-2H3;1-2H3. The molecule has 0 saturated carbocycles. The van der Waals surface area contributed by atoms with E-state index in [0.29, 0.717) is 0 Å². The molecule has 1 unspecified atom stereocenters. The van der Waals surface area contributed by atoms with Gasteiger partial charge in [0.05, 0.1) is 6.61 Å². The topological polar surface area (TPSA) is 41.5 Å². The van der Waals surface area contributed by atoms with Crippen LogP contribution in [0.3, 0.4) is 0 Å². The summed E-state index contributed by atoms with van der Waals surface area (Å²) >= 11 is 8.31. The number of aryl methyl sites for hydroxylation is 1. The van der Waals surface area contributed by atoms with Crippen molar-refractivity contribution in [2.24, 2.45) is 0 Å². The molecule has 0 spiro atoms. The Kier molecular flexibility index (Phi) is 15.6. The van der Waals surface area contributed by atoms with Crippen molar-refractivity contribution in [2.75, 3.05) is 27.9 Å². The van der Waals surface area contributed by atoms with Gasteiger partial charge >= 0.3 is 0 Å². The fraction of sp³-hybridized carbons (Fsp3) is 0.583. The molecule has 0 amide bonds. The minimum absolute atomic E-state index is 0.145. The average Bonchev–Trinajstić information content (AvgIpc) is 2.74. The second kappa shape index (κ2) is 16.0. The third kappa shape index (κ3) is 10.2. The molecule has 29 heavy (non-hydrogen) atoms. The number of benzene rings is 1. The van der Waals surface area contributed by atoms with E-state index >= 15 is 0 Å². The SMILES string of the molecule is CC.CCC(CO)(CCc1ccc(SC2=CC=C(C)CC2)cc1Cl)NC.COC. The summed E-state index contributed by atoms with van der Waals surface area (Å²) in [7, 11) is 5.16. The highest BCUT2D eigenvalue weighted by Crippen LogP contribution is 2.35. The summed E-state index contributed by atoms with van der Waals surface area (Å²) in [5, 5.41) is 13.7. The first-order chi connectivity index (χ1) is 13.9. The normalized spacial score (nSPS) is 15.1. The van der Waals surface area contributed by atoms with Gasteiger partial charge in [0, 0.05) is 29.7 Å². The van der Waals surface area contributed by atoms with E-state index in [2.05, 4.69) is 54.3 Å². The van der Waals surface area contributed by atoms with Crippen molar-refractivity contribution in [2.45, 2.75) is 70.2 Å². The van der Waals surface area contributed by atoms with E-state index in [1.807, 2.05) is 20.9 Å². The number of aliphatic hydroxyl groups excluding tert-OH is 1. The van der Waals surface area contributed by atoms with Gasteiger partial charge in [-0.2, -0.15) is 0 Å². The summed E-state index contributed by atoms with van der Waals surface area (Å²) in [6.07, 6.45) is 9.32. The number of halogens is 1. The molecule has 1 atom stereocenters. The first-order valence-corrected chi connectivity index (χ1v) is 11.7. The Morgan fingerprint density at radius 1 is 1.21 bits per heavy atom. The lowest BCUT2D eigenvalue weighted by Gasteiger charge is -2.30. The number of hydrogen-bond acceptors (Lipinski definition) is 4. The second-order valence-electron chi connectivity index (χ2n) is 6.95. The van der Waals surface area contributed by atoms with Crippen LogP contribution >= 0.6 is 23.4 Å². The van der Waals surface area contributed by atoms with E-state index in [0.717, 1.165) is 42.7 Å². The van der Waals surface area contributed by atoms with Crippen molar-refractivity contribution in [1.82, 2.24) is 5.32 Å². The maximum Gasteiger partial charge on any atom is 0.0613 e. The van der Waals surface area contributed by atoms with Crippen molar-refractivity contribution in [3.05, 3.63) is 51.4 Å². The van der Waals surface area contributed by atoms with Gasteiger partial charge in [-0.25, -0.2) is 0 Å². The molecule has 166 valence electrons. The lowest BCUT2D eigenvalue weighted by Crippen LogP contribution is -2.46. The number of allylic oxidation sites excluding steroid dienone is 4. The summed E-state index contributed by atoms with van der Waals surface area (Å²) in [4.78, 5) is 2.59. The highest BCUT2D eigenvalue weighted by molar-refractivity contribution is 8.03. The van der Waals surface area contributed by atoms with Crippen LogP contribution in [0.1, 0.15) is 58.9 Å². The van der Waals surface area contributed by atoms with Gasteiger partial charge in [0.25, 0.3) is 0 Å². The largest absolute Gasteiger partial charge is 0.394 e. The Hall–Kier alpha value is -0.780. The first kappa shape index (κ1) is 28.2. The van der Waals surface area contributed by atoms with Crippen LogP contribution < -0.4 is 5.32 Å². The Morgan fingerprint density at radius 3 is 2.31 bits per heavy atom. The second-order valence-corrected chi connectivity index (χ2v) is 8.56. The molecular weight excluding hydrogens is 402 g/mol. The van der Waals surface area contributed by atoms with Gasteiger partial charge in [-0.15, -0.1) is 0 Å². The van der Waals surface area contributed by atoms with Gasteiger partial charge in [0.15, 0.2) is 0 Å². The molecule has 5 heteroatoms. The molecule has 0 aliphatic heterocycles. The molecule has 1 aliphatic rings. The molecule has 0 saturated heterocycles. The van der Waals surface area contributed by atoms with Crippen molar-refractivity contribution in [3.63, 3.8) is 0 Å². The van der Waals surface area contributed by atoms with E-state index in [1.165, 1.54) is 15.4 Å². The summed E-state index contributed by atoms with van der Waals surface area (Å²) in [6.45, 7) is 8.42. The number of methoxy groups -OCH3 is 1. The minimum atomic E-state index is -0.214. The van der Waals surface area contributed by atoms with Gasteiger partial charge in [0.2, 0.25) is 0 Å². The molecule has 2 rings (SSSR count). The van der Waals surface area contributed by atoms with Crippen LogP contribution in [0.5, 0.6) is 0 Å². The number of ether oxygens (including phenoxy) is 1. The maximum atomic E-state index is 9.66. The molecule has 1 aromatic rings. The van der Waals surface area contributed by atoms with Crippen LogP contribution in [0.25, 0.3) is 0 Å². The van der Waals surface area contributed by atoms with Gasteiger partial charge in [-0.05, 0) is 68.7 Å². The fourth-order valence-electron chi connectivity index (χ4n) is 2.88. The third-order valence-corrected chi connectivity index (χ3v) is 6.42. The van der Waals surface area contributed by atoms with Gasteiger partial charge in [-0.1, -0.05) is 67.9 Å². The molecule has 0 aromatic heterocycles. The van der Waals surface area contributed by atoms with Crippen molar-refractivity contribution in [1.29, 1.82) is 0 Å². The van der Waals surface area contributed by atoms with Crippen LogP contribution in [-0.2, 0) is 11.2 Å². The minimum Gasteiger partial charge on any atom is -0.394 e. The van der Waals surface area contributed by atoms with Gasteiger partial charge < -0.3 is 15.2 Å². The average molecular weight is 442 g/mol. The predicted octanol–water partition coefficient (Wildman–Crippen LogP) is 6.64. The Bertz CT molecular complexity index is 632. The quantitative estimate of drug-likeness (QED) is 0.474. The van der Waals surface area contributed by atoms with E-state index in [9.17, 15) is 5.11 Å². The molecular formula is C24H40ClNO2S. The summed E-state index contributed by atoms with van der Waals surface area (Å²) in [6, 6.07) is 6.35. The molecule has 2 N–H and O–H groups in total. The highest BCUT2D eigenvalue weighted by Gasteiger charge is 2.24. The lowest BCUT2D eigenvalue weighted by molar-refractivity contribution is 0.155.